The van der Waals surface area contributed by atoms with Crippen molar-refractivity contribution in [3.05, 3.63) is 64.4 Å². The van der Waals surface area contributed by atoms with Crippen LogP contribution < -0.4 is 10.1 Å². The molecular formula is C19H22Cl2FNO2. The first kappa shape index (κ1) is 20.0. The summed E-state index contributed by atoms with van der Waals surface area (Å²) in [6.07, 6.45) is 2.54. The molecule has 1 aliphatic rings. The number of hydrogen-bond donors (Lipinski definition) is 1. The Morgan fingerprint density at radius 2 is 2.00 bits per heavy atom. The summed E-state index contributed by atoms with van der Waals surface area (Å²) in [6.45, 7) is 2.74. The first-order chi connectivity index (χ1) is 11.7. The molecule has 2 aromatic rings. The van der Waals surface area contributed by atoms with Gasteiger partial charge in [-0.25, -0.2) is 4.39 Å². The van der Waals surface area contributed by atoms with Gasteiger partial charge < -0.3 is 14.8 Å². The molecule has 1 N–H and O–H groups in total. The van der Waals surface area contributed by atoms with E-state index in [1.807, 2.05) is 18.2 Å². The van der Waals surface area contributed by atoms with Crippen molar-refractivity contribution in [2.45, 2.75) is 32.1 Å². The Hall–Kier alpha value is -1.33. The Kier molecular flexibility index (Phi) is 7.97. The van der Waals surface area contributed by atoms with Gasteiger partial charge in [0, 0.05) is 30.3 Å². The summed E-state index contributed by atoms with van der Waals surface area (Å²) in [6, 6.07) is 11.9. The van der Waals surface area contributed by atoms with E-state index in [1.165, 1.54) is 12.1 Å². The van der Waals surface area contributed by atoms with Crippen molar-refractivity contribution in [2.75, 3.05) is 13.2 Å². The molecule has 25 heavy (non-hydrogen) atoms. The van der Waals surface area contributed by atoms with Crippen LogP contribution in [-0.2, 0) is 17.9 Å². The van der Waals surface area contributed by atoms with E-state index in [-0.39, 0.29) is 18.2 Å². The zero-order chi connectivity index (χ0) is 16.8. The molecule has 0 spiro atoms. The lowest BCUT2D eigenvalue weighted by molar-refractivity contribution is 0.110. The molecule has 1 fully saturated rings. The minimum Gasteiger partial charge on any atom is -0.489 e. The summed E-state index contributed by atoms with van der Waals surface area (Å²) in [5, 5.41) is 4.08. The number of hydrogen-bond acceptors (Lipinski definition) is 3. The smallest absolute Gasteiger partial charge is 0.124 e. The lowest BCUT2D eigenvalue weighted by Gasteiger charge is -2.15. The molecule has 0 saturated carbocycles. The summed E-state index contributed by atoms with van der Waals surface area (Å²) < 4.78 is 24.4. The topological polar surface area (TPSA) is 30.5 Å². The number of benzene rings is 2. The maximum atomic E-state index is 13.0. The van der Waals surface area contributed by atoms with E-state index < -0.39 is 0 Å². The fourth-order valence-electron chi connectivity index (χ4n) is 2.74. The summed E-state index contributed by atoms with van der Waals surface area (Å²) in [7, 11) is 0. The van der Waals surface area contributed by atoms with E-state index in [1.54, 1.807) is 12.1 Å². The average molecular weight is 386 g/mol. The van der Waals surface area contributed by atoms with Crippen molar-refractivity contribution in [3.8, 4) is 5.75 Å². The third-order valence-corrected chi connectivity index (χ3v) is 4.28. The predicted octanol–water partition coefficient (Wildman–Crippen LogP) is 4.75. The normalized spacial score (nSPS) is 16.5. The second-order valence-electron chi connectivity index (χ2n) is 5.93. The molecule has 0 radical (unpaired) electrons. The lowest BCUT2D eigenvalue weighted by atomic mass is 10.2. The Balaban J connectivity index is 0.00000225. The quantitative estimate of drug-likeness (QED) is 0.745. The minimum absolute atomic E-state index is 0. The van der Waals surface area contributed by atoms with Gasteiger partial charge in [-0.1, -0.05) is 23.7 Å². The van der Waals surface area contributed by atoms with Crippen molar-refractivity contribution >= 4 is 24.0 Å². The monoisotopic (exact) mass is 385 g/mol. The van der Waals surface area contributed by atoms with Gasteiger partial charge in [0.2, 0.25) is 0 Å². The molecule has 0 bridgehead atoms. The van der Waals surface area contributed by atoms with Gasteiger partial charge in [0.15, 0.2) is 0 Å². The van der Waals surface area contributed by atoms with Gasteiger partial charge in [-0.05, 0) is 48.7 Å². The summed E-state index contributed by atoms with van der Waals surface area (Å²) >= 11 is 6.11. The molecule has 0 aliphatic carbocycles. The van der Waals surface area contributed by atoms with Crippen LogP contribution in [0.15, 0.2) is 42.5 Å². The van der Waals surface area contributed by atoms with Crippen molar-refractivity contribution in [2.24, 2.45) is 0 Å². The second-order valence-corrected chi connectivity index (χ2v) is 6.37. The first-order valence-corrected chi connectivity index (χ1v) is 8.56. The predicted molar refractivity (Wildman–Crippen MR) is 100 cm³/mol. The van der Waals surface area contributed by atoms with Crippen LogP contribution in [0.3, 0.4) is 0 Å². The largest absolute Gasteiger partial charge is 0.489 e. The average Bonchev–Trinajstić information content (AvgIpc) is 3.09. The molecule has 0 amide bonds. The second kappa shape index (κ2) is 9.97. The highest BCUT2D eigenvalue weighted by Crippen LogP contribution is 2.24. The van der Waals surface area contributed by atoms with Crippen LogP contribution >= 0.6 is 24.0 Å². The standard InChI is InChI=1S/C19H21ClFNO2.ClH/c20-16-5-8-19(24-13-14-3-6-17(21)7-4-14)15(10-16)11-22-12-18-2-1-9-23-18;/h3-8,10,18,22H,1-2,9,11-13H2;1H. The van der Waals surface area contributed by atoms with E-state index in [0.29, 0.717) is 24.3 Å². The van der Waals surface area contributed by atoms with Gasteiger partial charge in [-0.2, -0.15) is 0 Å². The molecular weight excluding hydrogens is 364 g/mol. The summed E-state index contributed by atoms with van der Waals surface area (Å²) in [5.41, 5.74) is 1.92. The lowest BCUT2D eigenvalue weighted by Crippen LogP contribution is -2.26. The van der Waals surface area contributed by atoms with Crippen molar-refractivity contribution in [3.63, 3.8) is 0 Å². The Morgan fingerprint density at radius 3 is 2.72 bits per heavy atom. The fraction of sp³-hybridized carbons (Fsp3) is 0.368. The van der Waals surface area contributed by atoms with Crippen molar-refractivity contribution in [1.29, 1.82) is 0 Å². The number of nitrogens with one attached hydrogen (secondary N) is 1. The van der Waals surface area contributed by atoms with E-state index in [0.717, 1.165) is 42.9 Å². The van der Waals surface area contributed by atoms with Gasteiger partial charge in [0.05, 0.1) is 6.10 Å². The highest BCUT2D eigenvalue weighted by molar-refractivity contribution is 6.30. The van der Waals surface area contributed by atoms with Crippen LogP contribution in [0.1, 0.15) is 24.0 Å². The van der Waals surface area contributed by atoms with Crippen LogP contribution in [0.4, 0.5) is 4.39 Å². The molecule has 1 aliphatic heterocycles. The molecule has 136 valence electrons. The minimum atomic E-state index is -0.246. The van der Waals surface area contributed by atoms with Crippen LogP contribution in [0, 0.1) is 5.82 Å². The Morgan fingerprint density at radius 1 is 1.20 bits per heavy atom. The van der Waals surface area contributed by atoms with Gasteiger partial charge in [-0.15, -0.1) is 12.4 Å². The third kappa shape index (κ3) is 6.15. The van der Waals surface area contributed by atoms with Gasteiger partial charge in [0.25, 0.3) is 0 Å². The Labute approximate surface area is 158 Å². The molecule has 0 aromatic heterocycles. The zero-order valence-corrected chi connectivity index (χ0v) is 15.4. The van der Waals surface area contributed by atoms with Crippen LogP contribution in [0.25, 0.3) is 0 Å². The van der Waals surface area contributed by atoms with Gasteiger partial charge >= 0.3 is 0 Å². The molecule has 1 saturated heterocycles. The van der Waals surface area contributed by atoms with E-state index in [9.17, 15) is 4.39 Å². The highest BCUT2D eigenvalue weighted by Gasteiger charge is 2.15. The highest BCUT2D eigenvalue weighted by atomic mass is 35.5. The molecule has 1 heterocycles. The molecule has 1 unspecified atom stereocenters. The maximum Gasteiger partial charge on any atom is 0.124 e. The number of rotatable bonds is 7. The first-order valence-electron chi connectivity index (χ1n) is 8.19. The maximum absolute atomic E-state index is 13.0. The fourth-order valence-corrected chi connectivity index (χ4v) is 2.94. The summed E-state index contributed by atoms with van der Waals surface area (Å²) in [5.74, 6) is 0.535. The van der Waals surface area contributed by atoms with Crippen LogP contribution in [0.2, 0.25) is 5.02 Å². The molecule has 3 rings (SSSR count). The number of ether oxygens (including phenoxy) is 2. The van der Waals surface area contributed by atoms with E-state index in [4.69, 9.17) is 21.1 Å². The zero-order valence-electron chi connectivity index (χ0n) is 13.8. The molecule has 3 nitrogen and oxygen atoms in total. The van der Waals surface area contributed by atoms with Crippen molar-refractivity contribution < 1.29 is 13.9 Å². The molecule has 6 heteroatoms. The molecule has 1 atom stereocenters. The summed E-state index contributed by atoms with van der Waals surface area (Å²) in [4.78, 5) is 0. The van der Waals surface area contributed by atoms with Gasteiger partial charge in [0.1, 0.15) is 18.2 Å². The Bertz CT molecular complexity index is 661. The van der Waals surface area contributed by atoms with E-state index in [2.05, 4.69) is 5.32 Å². The molecule has 2 aromatic carbocycles. The van der Waals surface area contributed by atoms with Crippen molar-refractivity contribution in [1.82, 2.24) is 5.32 Å². The van der Waals surface area contributed by atoms with Gasteiger partial charge in [-0.3, -0.25) is 0 Å². The van der Waals surface area contributed by atoms with E-state index >= 15 is 0 Å². The van der Waals surface area contributed by atoms with Crippen LogP contribution in [-0.4, -0.2) is 19.3 Å². The third-order valence-electron chi connectivity index (χ3n) is 4.04. The SMILES string of the molecule is Cl.Fc1ccc(COc2ccc(Cl)cc2CNCC2CCCO2)cc1. The number of halogens is 3. The van der Waals surface area contributed by atoms with Crippen LogP contribution in [0.5, 0.6) is 5.75 Å².